The number of fused-ring (bicyclic) bond motifs is 1. The number of hydrogen-bond donors (Lipinski definition) is 3. The molecule has 32 heavy (non-hydrogen) atoms. The zero-order valence-corrected chi connectivity index (χ0v) is 20.1. The molecule has 0 spiro atoms. The molecule has 1 aliphatic carbocycles. The van der Waals surface area contributed by atoms with Crippen molar-refractivity contribution in [3.8, 4) is 0 Å². The van der Waals surface area contributed by atoms with E-state index >= 15 is 0 Å². The summed E-state index contributed by atoms with van der Waals surface area (Å²) < 4.78 is 0. The van der Waals surface area contributed by atoms with Crippen LogP contribution in [0.2, 0.25) is 0 Å². The lowest BCUT2D eigenvalue weighted by molar-refractivity contribution is 0.387. The van der Waals surface area contributed by atoms with Crippen molar-refractivity contribution in [3.63, 3.8) is 0 Å². The zero-order chi connectivity index (χ0) is 22.7. The summed E-state index contributed by atoms with van der Waals surface area (Å²) in [6.07, 6.45) is 4.22. The van der Waals surface area contributed by atoms with E-state index in [1.165, 1.54) is 11.1 Å². The van der Waals surface area contributed by atoms with E-state index in [0.29, 0.717) is 23.1 Å². The highest BCUT2D eigenvalue weighted by Gasteiger charge is 2.23. The Morgan fingerprint density at radius 2 is 1.66 bits per heavy atom. The Hall–Kier alpha value is -2.93. The minimum atomic E-state index is 0.366. The number of anilines is 3. The minimum Gasteiger partial charge on any atom is -0.362 e. The SMILES string of the molecule is Cc1cccc(NC(=S)NC2CCC(Nc3nc(N(C)C)c4ccccc4n3)CC2)c1C. The van der Waals surface area contributed by atoms with Crippen LogP contribution in [0.5, 0.6) is 0 Å². The van der Waals surface area contributed by atoms with Gasteiger partial charge in [0, 0.05) is 37.3 Å². The van der Waals surface area contributed by atoms with Crippen LogP contribution in [-0.2, 0) is 0 Å². The minimum absolute atomic E-state index is 0.366. The predicted octanol–water partition coefficient (Wildman–Crippen LogP) is 5.02. The maximum atomic E-state index is 5.58. The number of nitrogens with zero attached hydrogens (tertiary/aromatic N) is 3. The van der Waals surface area contributed by atoms with Crippen LogP contribution in [0, 0.1) is 13.8 Å². The average molecular weight is 449 g/mol. The fourth-order valence-electron chi connectivity index (χ4n) is 4.26. The first-order valence-electron chi connectivity index (χ1n) is 11.2. The summed E-state index contributed by atoms with van der Waals surface area (Å²) in [5.41, 5.74) is 4.53. The normalized spacial score (nSPS) is 18.2. The van der Waals surface area contributed by atoms with Gasteiger partial charge in [0.1, 0.15) is 5.82 Å². The van der Waals surface area contributed by atoms with E-state index < -0.39 is 0 Å². The molecule has 168 valence electrons. The molecule has 3 aromatic rings. The van der Waals surface area contributed by atoms with Crippen molar-refractivity contribution >= 4 is 45.7 Å². The van der Waals surface area contributed by atoms with Crippen molar-refractivity contribution in [2.45, 2.75) is 51.6 Å². The smallest absolute Gasteiger partial charge is 0.225 e. The van der Waals surface area contributed by atoms with Crippen molar-refractivity contribution in [1.29, 1.82) is 0 Å². The van der Waals surface area contributed by atoms with Crippen LogP contribution in [0.1, 0.15) is 36.8 Å². The van der Waals surface area contributed by atoms with Crippen LogP contribution in [0.3, 0.4) is 0 Å². The van der Waals surface area contributed by atoms with E-state index in [-0.39, 0.29) is 0 Å². The van der Waals surface area contributed by atoms with Crippen LogP contribution >= 0.6 is 12.2 Å². The number of para-hydroxylation sites is 1. The molecule has 1 heterocycles. The number of rotatable bonds is 5. The van der Waals surface area contributed by atoms with Crippen molar-refractivity contribution in [3.05, 3.63) is 53.6 Å². The van der Waals surface area contributed by atoms with Crippen LogP contribution in [-0.4, -0.2) is 41.3 Å². The van der Waals surface area contributed by atoms with Gasteiger partial charge >= 0.3 is 0 Å². The van der Waals surface area contributed by atoms with Crippen LogP contribution < -0.4 is 20.9 Å². The number of aryl methyl sites for hydroxylation is 1. The molecule has 1 aromatic heterocycles. The van der Waals surface area contributed by atoms with Crippen LogP contribution in [0.15, 0.2) is 42.5 Å². The molecule has 1 aliphatic rings. The van der Waals surface area contributed by atoms with E-state index in [0.717, 1.165) is 48.1 Å². The highest BCUT2D eigenvalue weighted by atomic mass is 32.1. The molecule has 7 heteroatoms. The van der Waals surface area contributed by atoms with Gasteiger partial charge in [-0.25, -0.2) is 4.98 Å². The molecule has 3 N–H and O–H groups in total. The highest BCUT2D eigenvalue weighted by Crippen LogP contribution is 2.26. The zero-order valence-electron chi connectivity index (χ0n) is 19.3. The average Bonchev–Trinajstić information content (AvgIpc) is 2.77. The predicted molar refractivity (Wildman–Crippen MR) is 139 cm³/mol. The van der Waals surface area contributed by atoms with Gasteiger partial charge in [0.05, 0.1) is 5.52 Å². The second-order valence-corrected chi connectivity index (χ2v) is 9.23. The molecule has 2 aromatic carbocycles. The maximum absolute atomic E-state index is 5.58. The van der Waals surface area contributed by atoms with Crippen molar-refractivity contribution in [1.82, 2.24) is 15.3 Å². The Morgan fingerprint density at radius 3 is 2.41 bits per heavy atom. The standard InChI is InChI=1S/C25H32N6S/c1-16-8-7-11-21(17(16)2)29-25(32)27-19-14-12-18(13-15-19)26-24-28-22-10-6-5-9-20(22)23(30-24)31(3)4/h5-11,18-19H,12-15H2,1-4H3,(H,26,28,30)(H2,27,29,32). The Kier molecular flexibility index (Phi) is 6.74. The molecule has 4 rings (SSSR count). The van der Waals surface area contributed by atoms with E-state index in [1.807, 2.05) is 37.2 Å². The molecule has 1 saturated carbocycles. The molecule has 0 saturated heterocycles. The molecule has 0 aliphatic heterocycles. The van der Waals surface area contributed by atoms with Gasteiger partial charge in [-0.3, -0.25) is 0 Å². The summed E-state index contributed by atoms with van der Waals surface area (Å²) in [6, 6.07) is 15.2. The maximum Gasteiger partial charge on any atom is 0.225 e. The van der Waals surface area contributed by atoms with Gasteiger partial charge in [-0.15, -0.1) is 0 Å². The fraction of sp³-hybridized carbons (Fsp3) is 0.400. The lowest BCUT2D eigenvalue weighted by atomic mass is 9.91. The van der Waals surface area contributed by atoms with Gasteiger partial charge in [-0.1, -0.05) is 24.3 Å². The molecule has 0 atom stereocenters. The van der Waals surface area contributed by atoms with Crippen molar-refractivity contribution in [2.75, 3.05) is 29.6 Å². The molecular weight excluding hydrogens is 416 g/mol. The van der Waals surface area contributed by atoms with Gasteiger partial charge < -0.3 is 20.9 Å². The first-order valence-corrected chi connectivity index (χ1v) is 11.7. The molecule has 6 nitrogen and oxygen atoms in total. The lowest BCUT2D eigenvalue weighted by Crippen LogP contribution is -2.42. The molecule has 0 unspecified atom stereocenters. The summed E-state index contributed by atoms with van der Waals surface area (Å²) in [7, 11) is 4.04. The number of hydrogen-bond acceptors (Lipinski definition) is 5. The first-order chi connectivity index (χ1) is 15.4. The Labute approximate surface area is 195 Å². The summed E-state index contributed by atoms with van der Waals surface area (Å²) >= 11 is 5.58. The van der Waals surface area contributed by atoms with Crippen molar-refractivity contribution in [2.24, 2.45) is 0 Å². The van der Waals surface area contributed by atoms with E-state index in [2.05, 4.69) is 54.1 Å². The Balaban J connectivity index is 1.33. The van der Waals surface area contributed by atoms with Gasteiger partial charge in [0.2, 0.25) is 5.95 Å². The molecular formula is C25H32N6S. The van der Waals surface area contributed by atoms with Crippen molar-refractivity contribution < 1.29 is 0 Å². The topological polar surface area (TPSA) is 65.1 Å². The van der Waals surface area contributed by atoms with E-state index in [1.54, 1.807) is 0 Å². The van der Waals surface area contributed by atoms with Gasteiger partial charge in [0.15, 0.2) is 5.11 Å². The van der Waals surface area contributed by atoms with Gasteiger partial charge in [-0.2, -0.15) is 4.98 Å². The fourth-order valence-corrected chi connectivity index (χ4v) is 4.54. The molecule has 0 amide bonds. The third-order valence-corrected chi connectivity index (χ3v) is 6.48. The van der Waals surface area contributed by atoms with E-state index in [4.69, 9.17) is 22.2 Å². The Bertz CT molecular complexity index is 1100. The first kappa shape index (κ1) is 22.3. The number of benzene rings is 2. The second kappa shape index (κ2) is 9.69. The summed E-state index contributed by atoms with van der Waals surface area (Å²) in [5, 5.41) is 12.2. The summed E-state index contributed by atoms with van der Waals surface area (Å²) in [5.74, 6) is 1.65. The molecule has 1 fully saturated rings. The lowest BCUT2D eigenvalue weighted by Gasteiger charge is -2.30. The Morgan fingerprint density at radius 1 is 0.938 bits per heavy atom. The van der Waals surface area contributed by atoms with Gasteiger partial charge in [0.25, 0.3) is 0 Å². The molecule has 0 radical (unpaired) electrons. The largest absolute Gasteiger partial charge is 0.362 e. The number of aromatic nitrogens is 2. The summed E-state index contributed by atoms with van der Waals surface area (Å²) in [6.45, 7) is 4.24. The van der Waals surface area contributed by atoms with Gasteiger partial charge in [-0.05, 0) is 81.1 Å². The van der Waals surface area contributed by atoms with Crippen LogP contribution in [0.25, 0.3) is 10.9 Å². The summed E-state index contributed by atoms with van der Waals surface area (Å²) in [4.78, 5) is 11.6. The number of thiocarbonyl (C=S) groups is 1. The monoisotopic (exact) mass is 448 g/mol. The van der Waals surface area contributed by atoms with Crippen LogP contribution in [0.4, 0.5) is 17.5 Å². The quantitative estimate of drug-likeness (QED) is 0.474. The van der Waals surface area contributed by atoms with E-state index in [9.17, 15) is 0 Å². The third kappa shape index (κ3) is 5.10. The molecule has 0 bridgehead atoms. The number of nitrogens with one attached hydrogen (secondary N) is 3. The second-order valence-electron chi connectivity index (χ2n) is 8.82. The highest BCUT2D eigenvalue weighted by molar-refractivity contribution is 7.80. The third-order valence-electron chi connectivity index (χ3n) is 6.26.